The Morgan fingerprint density at radius 2 is 1.55 bits per heavy atom. The lowest BCUT2D eigenvalue weighted by Gasteiger charge is -2.15. The van der Waals surface area contributed by atoms with Crippen LogP contribution >= 0.6 is 0 Å². The molecule has 4 rings (SSSR count). The van der Waals surface area contributed by atoms with Gasteiger partial charge in [-0.25, -0.2) is 4.79 Å². The number of carbonyl (C=O) groups is 1. The monoisotopic (exact) mass is 586 g/mol. The number of methoxy groups -OCH3 is 3. The van der Waals surface area contributed by atoms with Crippen LogP contribution in [-0.2, 0) is 11.0 Å². The van der Waals surface area contributed by atoms with E-state index < -0.39 is 34.7 Å². The second-order valence-corrected chi connectivity index (χ2v) is 8.44. The highest BCUT2D eigenvalue weighted by atomic mass is 19.4. The summed E-state index contributed by atoms with van der Waals surface area (Å²) in [7, 11) is 4.33. The Hall–Kier alpha value is -5.13. The van der Waals surface area contributed by atoms with E-state index in [0.29, 0.717) is 22.8 Å². The van der Waals surface area contributed by atoms with Crippen LogP contribution in [0.2, 0.25) is 0 Å². The van der Waals surface area contributed by atoms with Crippen LogP contribution in [0.15, 0.2) is 69.9 Å². The number of para-hydroxylation sites is 2. The van der Waals surface area contributed by atoms with Crippen molar-refractivity contribution in [1.82, 2.24) is 0 Å². The summed E-state index contributed by atoms with van der Waals surface area (Å²) in [4.78, 5) is 25.6. The largest absolute Gasteiger partial charge is 0.493 e. The van der Waals surface area contributed by atoms with E-state index in [0.717, 1.165) is 12.1 Å². The van der Waals surface area contributed by atoms with E-state index in [-0.39, 0.29) is 29.2 Å². The smallest absolute Gasteiger partial charge is 0.453 e. The summed E-state index contributed by atoms with van der Waals surface area (Å²) in [5.41, 5.74) is -1.02. The number of esters is 1. The van der Waals surface area contributed by atoms with E-state index in [9.17, 15) is 22.8 Å². The van der Waals surface area contributed by atoms with Gasteiger partial charge in [-0.3, -0.25) is 4.79 Å². The molecule has 1 aromatic heterocycles. The summed E-state index contributed by atoms with van der Waals surface area (Å²) in [5.74, 6) is -2.59. The minimum absolute atomic E-state index is 0.0964. The highest BCUT2D eigenvalue weighted by Gasteiger charge is 2.40. The zero-order valence-electron chi connectivity index (χ0n) is 22.9. The topological polar surface area (TPSA) is 103 Å². The van der Waals surface area contributed by atoms with E-state index in [4.69, 9.17) is 32.8 Å². The van der Waals surface area contributed by atoms with E-state index >= 15 is 0 Å². The predicted octanol–water partition coefficient (Wildman–Crippen LogP) is 6.65. The van der Waals surface area contributed by atoms with Crippen molar-refractivity contribution in [1.29, 1.82) is 0 Å². The maximum Gasteiger partial charge on any atom is 0.453 e. The molecule has 0 radical (unpaired) electrons. The first kappa shape index (κ1) is 29.8. The molecule has 0 saturated heterocycles. The Kier molecular flexibility index (Phi) is 8.94. The van der Waals surface area contributed by atoms with Gasteiger partial charge in [0.1, 0.15) is 11.3 Å². The first-order valence-corrected chi connectivity index (χ1v) is 12.4. The van der Waals surface area contributed by atoms with Gasteiger partial charge in [-0.05, 0) is 55.0 Å². The molecule has 4 aromatic rings. The van der Waals surface area contributed by atoms with Gasteiger partial charge in [-0.15, -0.1) is 0 Å². The number of hydrogen-bond acceptors (Lipinski definition) is 9. The molecule has 0 spiro atoms. The van der Waals surface area contributed by atoms with Gasteiger partial charge >= 0.3 is 12.1 Å². The van der Waals surface area contributed by atoms with Gasteiger partial charge in [0.15, 0.2) is 23.0 Å². The second kappa shape index (κ2) is 12.6. The molecule has 220 valence electrons. The van der Waals surface area contributed by atoms with E-state index in [1.165, 1.54) is 57.7 Å². The molecule has 0 aliphatic rings. The van der Waals surface area contributed by atoms with E-state index in [1.807, 2.05) is 0 Å². The number of ether oxygens (including phenoxy) is 6. The molecule has 12 heteroatoms. The van der Waals surface area contributed by atoms with Gasteiger partial charge < -0.3 is 32.8 Å². The molecule has 0 unspecified atom stereocenters. The number of rotatable bonds is 10. The minimum atomic E-state index is -5.08. The number of carbonyl (C=O) groups excluding carboxylic acids is 1. The van der Waals surface area contributed by atoms with Gasteiger partial charge in [0.25, 0.3) is 5.76 Å². The van der Waals surface area contributed by atoms with Crippen LogP contribution < -0.4 is 33.8 Å². The Labute approximate surface area is 237 Å². The van der Waals surface area contributed by atoms with Gasteiger partial charge in [-0.2, -0.15) is 13.2 Å². The van der Waals surface area contributed by atoms with Crippen molar-refractivity contribution in [3.63, 3.8) is 0 Å². The fraction of sp³-hybridized carbons (Fsp3) is 0.200. The van der Waals surface area contributed by atoms with Gasteiger partial charge in [-0.1, -0.05) is 12.1 Å². The average molecular weight is 587 g/mol. The van der Waals surface area contributed by atoms with Gasteiger partial charge in [0.2, 0.25) is 16.9 Å². The fourth-order valence-corrected chi connectivity index (χ4v) is 3.93. The Morgan fingerprint density at radius 3 is 2.14 bits per heavy atom. The molecular formula is C30H25F3O9. The Morgan fingerprint density at radius 1 is 0.881 bits per heavy atom. The molecule has 0 amide bonds. The zero-order valence-corrected chi connectivity index (χ0v) is 22.9. The number of alkyl halides is 3. The molecule has 42 heavy (non-hydrogen) atoms. The molecular weight excluding hydrogens is 561 g/mol. The highest BCUT2D eigenvalue weighted by molar-refractivity contribution is 5.90. The molecule has 3 aromatic carbocycles. The maximum atomic E-state index is 14.0. The van der Waals surface area contributed by atoms with Crippen LogP contribution in [0.3, 0.4) is 0 Å². The van der Waals surface area contributed by atoms with Gasteiger partial charge in [0, 0.05) is 12.1 Å². The first-order valence-electron chi connectivity index (χ1n) is 12.4. The third kappa shape index (κ3) is 6.43. The zero-order chi connectivity index (χ0) is 30.4. The summed E-state index contributed by atoms with van der Waals surface area (Å²) < 4.78 is 78.8. The average Bonchev–Trinajstić information content (AvgIpc) is 2.97. The SMILES string of the molecule is CCOc1ccccc1Oc1c(C(F)(F)F)oc2cc(OC(=O)C=Cc3cc(OC)c(OC)c(OC)c3)ccc2c1=O. The molecule has 1 heterocycles. The molecule has 0 saturated carbocycles. The summed E-state index contributed by atoms with van der Waals surface area (Å²) >= 11 is 0. The van der Waals surface area contributed by atoms with Crippen molar-refractivity contribution in [3.8, 4) is 40.2 Å². The second-order valence-electron chi connectivity index (χ2n) is 8.44. The van der Waals surface area contributed by atoms with Crippen LogP contribution in [0.1, 0.15) is 18.2 Å². The third-order valence-electron chi connectivity index (χ3n) is 5.76. The van der Waals surface area contributed by atoms with E-state index in [1.54, 1.807) is 25.1 Å². The van der Waals surface area contributed by atoms with Crippen molar-refractivity contribution in [2.45, 2.75) is 13.1 Å². The third-order valence-corrected chi connectivity index (χ3v) is 5.76. The number of benzene rings is 3. The minimum Gasteiger partial charge on any atom is -0.493 e. The summed E-state index contributed by atoms with van der Waals surface area (Å²) in [6.45, 7) is 1.91. The van der Waals surface area contributed by atoms with Gasteiger partial charge in [0.05, 0.1) is 33.3 Å². The summed E-state index contributed by atoms with van der Waals surface area (Å²) in [6, 6.07) is 12.6. The van der Waals surface area contributed by atoms with Crippen LogP contribution in [0.5, 0.6) is 40.2 Å². The lowest BCUT2D eigenvalue weighted by molar-refractivity contribution is -0.154. The first-order chi connectivity index (χ1) is 20.1. The Bertz CT molecular complexity index is 1670. The lowest BCUT2D eigenvalue weighted by Crippen LogP contribution is -2.16. The predicted molar refractivity (Wildman–Crippen MR) is 146 cm³/mol. The van der Waals surface area contributed by atoms with E-state index in [2.05, 4.69) is 0 Å². The van der Waals surface area contributed by atoms with Crippen LogP contribution in [0.25, 0.3) is 17.0 Å². The molecule has 0 aliphatic carbocycles. The van der Waals surface area contributed by atoms with Crippen LogP contribution in [0.4, 0.5) is 13.2 Å². The fourth-order valence-electron chi connectivity index (χ4n) is 3.93. The van der Waals surface area contributed by atoms with Crippen LogP contribution in [-0.4, -0.2) is 33.9 Å². The number of hydrogen-bond donors (Lipinski definition) is 0. The molecule has 0 bridgehead atoms. The molecule has 0 N–H and O–H groups in total. The standard InChI is InChI=1S/C30H25F3O9/c1-5-39-20-8-6-7-9-21(20)41-28-26(35)19-12-11-18(16-22(19)42-29(28)30(31,32)33)40-25(34)13-10-17-14-23(36-2)27(38-4)24(15-17)37-3/h6-16H,5H2,1-4H3. The maximum absolute atomic E-state index is 14.0. The molecule has 0 fully saturated rings. The molecule has 0 aliphatic heterocycles. The summed E-state index contributed by atoms with van der Waals surface area (Å²) in [6.07, 6.45) is -2.58. The van der Waals surface area contributed by atoms with Crippen LogP contribution in [0, 0.1) is 0 Å². The quantitative estimate of drug-likeness (QED) is 0.115. The number of fused-ring (bicyclic) bond motifs is 1. The Balaban J connectivity index is 1.65. The molecule has 9 nitrogen and oxygen atoms in total. The normalized spacial score (nSPS) is 11.4. The summed E-state index contributed by atoms with van der Waals surface area (Å²) in [5, 5.41) is -0.223. The van der Waals surface area contributed by atoms with Crippen molar-refractivity contribution in [2.75, 3.05) is 27.9 Å². The van der Waals surface area contributed by atoms with Crippen molar-refractivity contribution < 1.29 is 50.8 Å². The lowest BCUT2D eigenvalue weighted by atomic mass is 10.1. The number of halogens is 3. The van der Waals surface area contributed by atoms with Crippen molar-refractivity contribution >= 4 is 23.0 Å². The highest BCUT2D eigenvalue weighted by Crippen LogP contribution is 2.41. The molecule has 0 atom stereocenters. The van der Waals surface area contributed by atoms with Crippen molar-refractivity contribution in [2.24, 2.45) is 0 Å². The van der Waals surface area contributed by atoms with Crippen molar-refractivity contribution in [3.05, 3.63) is 82.2 Å².